The fourth-order valence-corrected chi connectivity index (χ4v) is 2.75. The minimum atomic E-state index is -1.55. The highest BCUT2D eigenvalue weighted by molar-refractivity contribution is 5.96. The predicted octanol–water partition coefficient (Wildman–Crippen LogP) is 1.61. The number of carbonyl (C=O) groups excluding carboxylic acids is 2. The Morgan fingerprint density at radius 2 is 1.41 bits per heavy atom. The van der Waals surface area contributed by atoms with Crippen LogP contribution in [0.5, 0.6) is 0 Å². The Labute approximate surface area is 192 Å². The molecule has 0 heterocycles. The van der Waals surface area contributed by atoms with Crippen molar-refractivity contribution in [2.24, 2.45) is 11.5 Å². The van der Waals surface area contributed by atoms with Crippen LogP contribution in [-0.2, 0) is 28.5 Å². The molecule has 0 rings (SSSR count). The number of aliphatic hydroxyl groups is 1. The van der Waals surface area contributed by atoms with E-state index in [2.05, 4.69) is 13.2 Å². The van der Waals surface area contributed by atoms with E-state index in [0.717, 1.165) is 6.08 Å². The molecule has 0 aromatic rings. The lowest BCUT2D eigenvalue weighted by Crippen LogP contribution is -2.58. The van der Waals surface area contributed by atoms with Crippen LogP contribution in [0.1, 0.15) is 55.4 Å². The second kappa shape index (κ2) is 11.1. The number of ether oxygens (including phenoxy) is 4. The lowest BCUT2D eigenvalue weighted by Gasteiger charge is -2.43. The van der Waals surface area contributed by atoms with Crippen molar-refractivity contribution in [2.75, 3.05) is 19.8 Å². The van der Waals surface area contributed by atoms with Gasteiger partial charge in [-0.1, -0.05) is 13.2 Å². The van der Waals surface area contributed by atoms with Gasteiger partial charge in [0.05, 0.1) is 31.0 Å². The minimum Gasteiger partial charge on any atom is -0.394 e. The Bertz CT molecular complexity index is 682. The number of hydrogen-bond donors (Lipinski definition) is 3. The number of carbonyl (C=O) groups is 2. The fourth-order valence-electron chi connectivity index (χ4n) is 2.75. The standard InChI is InChI=1S/C23H42N2O7/c1-11-16(27)20(5,6)29-15-22(9,24)32-21(7,8)18(13-26)31-19(3,4)14-30-23(10,25)17(28)12-2/h11-12,18,26H,1-2,13-15,24-25H2,3-10H3. The van der Waals surface area contributed by atoms with Gasteiger partial charge in [-0.2, -0.15) is 0 Å². The summed E-state index contributed by atoms with van der Waals surface area (Å²) in [6.07, 6.45) is 1.47. The quantitative estimate of drug-likeness (QED) is 0.232. The molecule has 0 aliphatic rings. The largest absolute Gasteiger partial charge is 0.394 e. The normalized spacial score (nSPS) is 17.7. The summed E-state index contributed by atoms with van der Waals surface area (Å²) in [5.74, 6) is -0.750. The molecule has 0 saturated carbocycles. The topological polar surface area (TPSA) is 143 Å². The summed E-state index contributed by atoms with van der Waals surface area (Å²) in [6.45, 7) is 19.5. The van der Waals surface area contributed by atoms with E-state index in [-0.39, 0.29) is 25.6 Å². The van der Waals surface area contributed by atoms with Crippen LogP contribution < -0.4 is 11.5 Å². The van der Waals surface area contributed by atoms with Crippen LogP contribution >= 0.6 is 0 Å². The molecule has 0 fully saturated rings. The molecule has 9 heteroatoms. The SMILES string of the molecule is C=CC(=O)C(C)(C)OCC(C)(N)OC(C)(C)C(CO)OC(C)(C)COC(C)(N)C(=O)C=C. The van der Waals surface area contributed by atoms with Crippen molar-refractivity contribution < 1.29 is 33.6 Å². The first-order chi connectivity index (χ1) is 14.2. The molecule has 9 nitrogen and oxygen atoms in total. The molecule has 0 aliphatic heterocycles. The molecule has 186 valence electrons. The maximum absolute atomic E-state index is 11.9. The third kappa shape index (κ3) is 9.58. The number of aliphatic hydroxyl groups excluding tert-OH is 1. The molecule has 5 N–H and O–H groups in total. The number of hydrogen-bond acceptors (Lipinski definition) is 9. The van der Waals surface area contributed by atoms with Gasteiger partial charge in [0.2, 0.25) is 5.78 Å². The number of rotatable bonds is 16. The molecule has 0 radical (unpaired) electrons. The maximum atomic E-state index is 11.9. The third-order valence-electron chi connectivity index (χ3n) is 4.79. The second-order valence-electron chi connectivity index (χ2n) is 9.90. The van der Waals surface area contributed by atoms with E-state index in [1.54, 1.807) is 48.5 Å². The lowest BCUT2D eigenvalue weighted by atomic mass is 9.99. The first kappa shape index (κ1) is 30.5. The molecule has 3 atom stereocenters. The van der Waals surface area contributed by atoms with Gasteiger partial charge in [0, 0.05) is 0 Å². The van der Waals surface area contributed by atoms with Gasteiger partial charge in [0.15, 0.2) is 11.5 Å². The van der Waals surface area contributed by atoms with E-state index < -0.39 is 40.1 Å². The molecule has 0 amide bonds. The molecule has 0 aromatic heterocycles. The maximum Gasteiger partial charge on any atom is 0.201 e. The fraction of sp³-hybridized carbons (Fsp3) is 0.739. The molecule has 32 heavy (non-hydrogen) atoms. The van der Waals surface area contributed by atoms with Gasteiger partial charge in [0.25, 0.3) is 0 Å². The van der Waals surface area contributed by atoms with Gasteiger partial charge < -0.3 is 29.8 Å². The van der Waals surface area contributed by atoms with Crippen LogP contribution in [0.2, 0.25) is 0 Å². The summed E-state index contributed by atoms with van der Waals surface area (Å²) in [6, 6.07) is 0. The van der Waals surface area contributed by atoms with E-state index in [9.17, 15) is 14.7 Å². The van der Waals surface area contributed by atoms with Crippen molar-refractivity contribution in [1.82, 2.24) is 0 Å². The minimum absolute atomic E-state index is 0.0347. The average Bonchev–Trinajstić information content (AvgIpc) is 2.67. The molecule has 0 spiro atoms. The second-order valence-corrected chi connectivity index (χ2v) is 9.90. The van der Waals surface area contributed by atoms with E-state index in [1.165, 1.54) is 13.0 Å². The van der Waals surface area contributed by atoms with Gasteiger partial charge in [-0.3, -0.25) is 15.3 Å². The van der Waals surface area contributed by atoms with Crippen LogP contribution in [0.3, 0.4) is 0 Å². The van der Waals surface area contributed by atoms with E-state index in [4.69, 9.17) is 30.4 Å². The Hall–Kier alpha value is -1.46. The van der Waals surface area contributed by atoms with Gasteiger partial charge in [-0.25, -0.2) is 0 Å². The van der Waals surface area contributed by atoms with Gasteiger partial charge >= 0.3 is 0 Å². The Morgan fingerprint density at radius 3 is 1.84 bits per heavy atom. The van der Waals surface area contributed by atoms with Crippen LogP contribution in [0.15, 0.2) is 25.3 Å². The molecular weight excluding hydrogens is 416 g/mol. The van der Waals surface area contributed by atoms with E-state index >= 15 is 0 Å². The van der Waals surface area contributed by atoms with Gasteiger partial charge in [-0.05, 0) is 67.5 Å². The number of nitrogens with two attached hydrogens (primary N) is 2. The zero-order valence-corrected chi connectivity index (χ0v) is 20.8. The van der Waals surface area contributed by atoms with Crippen molar-refractivity contribution in [3.63, 3.8) is 0 Å². The number of ketones is 2. The van der Waals surface area contributed by atoms with Gasteiger partial charge in [0.1, 0.15) is 17.4 Å². The third-order valence-corrected chi connectivity index (χ3v) is 4.79. The average molecular weight is 459 g/mol. The molecule has 3 unspecified atom stereocenters. The van der Waals surface area contributed by atoms with E-state index in [0.29, 0.717) is 0 Å². The van der Waals surface area contributed by atoms with Crippen LogP contribution in [0.4, 0.5) is 0 Å². The van der Waals surface area contributed by atoms with Crippen molar-refractivity contribution >= 4 is 11.6 Å². The molecule has 0 aromatic carbocycles. The van der Waals surface area contributed by atoms with Crippen LogP contribution in [0, 0.1) is 0 Å². The van der Waals surface area contributed by atoms with Crippen molar-refractivity contribution in [2.45, 2.75) is 89.7 Å². The lowest BCUT2D eigenvalue weighted by molar-refractivity contribution is -0.247. The summed E-state index contributed by atoms with van der Waals surface area (Å²) < 4.78 is 23.3. The molecule has 0 bridgehead atoms. The van der Waals surface area contributed by atoms with Gasteiger partial charge in [-0.15, -0.1) is 0 Å². The Balaban J connectivity index is 5.23. The summed E-state index contributed by atoms with van der Waals surface area (Å²) in [7, 11) is 0. The molecular formula is C23H42N2O7. The molecule has 0 saturated heterocycles. The highest BCUT2D eigenvalue weighted by Gasteiger charge is 2.42. The van der Waals surface area contributed by atoms with E-state index in [1.807, 2.05) is 0 Å². The Kier molecular flexibility index (Phi) is 10.6. The van der Waals surface area contributed by atoms with Crippen LogP contribution in [0.25, 0.3) is 0 Å². The Morgan fingerprint density at radius 1 is 0.906 bits per heavy atom. The first-order valence-corrected chi connectivity index (χ1v) is 10.4. The smallest absolute Gasteiger partial charge is 0.201 e. The first-order valence-electron chi connectivity index (χ1n) is 10.4. The predicted molar refractivity (Wildman–Crippen MR) is 123 cm³/mol. The molecule has 0 aliphatic carbocycles. The highest BCUT2D eigenvalue weighted by atomic mass is 16.6. The highest BCUT2D eigenvalue weighted by Crippen LogP contribution is 2.28. The monoisotopic (exact) mass is 458 g/mol. The van der Waals surface area contributed by atoms with Crippen molar-refractivity contribution in [3.05, 3.63) is 25.3 Å². The van der Waals surface area contributed by atoms with Crippen molar-refractivity contribution in [3.8, 4) is 0 Å². The van der Waals surface area contributed by atoms with Crippen molar-refractivity contribution in [1.29, 1.82) is 0 Å². The summed E-state index contributed by atoms with van der Waals surface area (Å²) in [4.78, 5) is 23.7. The zero-order valence-electron chi connectivity index (χ0n) is 20.8. The summed E-state index contributed by atoms with van der Waals surface area (Å²) >= 11 is 0. The summed E-state index contributed by atoms with van der Waals surface area (Å²) in [5.41, 5.74) is 6.18. The van der Waals surface area contributed by atoms with Crippen LogP contribution in [-0.4, -0.2) is 70.9 Å². The summed E-state index contributed by atoms with van der Waals surface area (Å²) in [5, 5.41) is 9.97. The zero-order chi connectivity index (χ0) is 25.6.